The molecule has 0 fully saturated rings. The number of rotatable bonds is 5. The van der Waals surface area contributed by atoms with Gasteiger partial charge in [0.25, 0.3) is 0 Å². The summed E-state index contributed by atoms with van der Waals surface area (Å²) in [5, 5.41) is 12.2. The van der Waals surface area contributed by atoms with E-state index in [1.807, 2.05) is 54.2 Å². The number of ether oxygens (including phenoxy) is 1. The fourth-order valence-electron chi connectivity index (χ4n) is 3.95. The lowest BCUT2D eigenvalue weighted by Crippen LogP contribution is -2.22. The minimum absolute atomic E-state index is 0.197. The van der Waals surface area contributed by atoms with Crippen molar-refractivity contribution < 1.29 is 9.84 Å². The summed E-state index contributed by atoms with van der Waals surface area (Å²) in [6, 6.07) is 28.6. The zero-order valence-corrected chi connectivity index (χ0v) is 17.4. The summed E-state index contributed by atoms with van der Waals surface area (Å²) in [6.07, 6.45) is 0.393. The van der Waals surface area contributed by atoms with Crippen molar-refractivity contribution >= 4 is 22.7 Å². The summed E-state index contributed by atoms with van der Waals surface area (Å²) >= 11 is 1.82. The molecule has 1 aliphatic heterocycles. The Bertz CT molecular complexity index is 1160. The molecule has 4 heteroatoms. The van der Waals surface area contributed by atoms with Gasteiger partial charge in [-0.25, -0.2) is 4.98 Å². The summed E-state index contributed by atoms with van der Waals surface area (Å²) in [4.78, 5) is 5.81. The molecule has 0 amide bonds. The van der Waals surface area contributed by atoms with Gasteiger partial charge in [0.05, 0.1) is 17.3 Å². The molecule has 5 rings (SSSR count). The minimum atomic E-state index is -0.483. The van der Waals surface area contributed by atoms with Gasteiger partial charge in [-0.15, -0.1) is 11.8 Å². The minimum Gasteiger partial charge on any atom is -0.487 e. The molecule has 4 aromatic rings. The molecule has 2 heterocycles. The number of thioether (sulfide) groups is 1. The van der Waals surface area contributed by atoms with Crippen molar-refractivity contribution in [1.29, 1.82) is 0 Å². The number of benzene rings is 3. The standard InChI is InChI=1S/C26H23NO2S/c28-26-20(14-18-6-2-1-3-7-18)17-30-25-13-12-22(15-23(25)26)29-16-21-11-10-19-8-4-5-9-24(19)27-21/h1-13,15,20,26,28H,14,16-17H2/t20-,26+/m0/s1. The highest BCUT2D eigenvalue weighted by Crippen LogP contribution is 2.42. The summed E-state index contributed by atoms with van der Waals surface area (Å²) in [6.45, 7) is 0.403. The Kier molecular flexibility index (Phi) is 5.43. The van der Waals surface area contributed by atoms with Crippen LogP contribution in [0.1, 0.15) is 22.9 Å². The van der Waals surface area contributed by atoms with Crippen molar-refractivity contribution in [2.45, 2.75) is 24.0 Å². The van der Waals surface area contributed by atoms with E-state index in [0.717, 1.165) is 45.0 Å². The molecule has 3 aromatic carbocycles. The zero-order chi connectivity index (χ0) is 20.3. The van der Waals surface area contributed by atoms with Gasteiger partial charge in [0, 0.05) is 22.0 Å². The second-order valence-electron chi connectivity index (χ2n) is 7.69. The van der Waals surface area contributed by atoms with Crippen LogP contribution in [0, 0.1) is 5.92 Å². The van der Waals surface area contributed by atoms with Crippen LogP contribution >= 0.6 is 11.8 Å². The molecule has 0 unspecified atom stereocenters. The molecule has 0 radical (unpaired) electrons. The summed E-state index contributed by atoms with van der Waals surface area (Å²) in [7, 11) is 0. The van der Waals surface area contributed by atoms with Crippen LogP contribution in [-0.4, -0.2) is 15.8 Å². The number of nitrogens with zero attached hydrogens (tertiary/aromatic N) is 1. The second-order valence-corrected chi connectivity index (χ2v) is 8.75. The number of aromatic nitrogens is 1. The van der Waals surface area contributed by atoms with E-state index >= 15 is 0 Å². The molecular formula is C26H23NO2S. The van der Waals surface area contributed by atoms with Gasteiger partial charge in [-0.05, 0) is 47.9 Å². The largest absolute Gasteiger partial charge is 0.487 e. The Morgan fingerprint density at radius 1 is 0.933 bits per heavy atom. The first kappa shape index (κ1) is 19.2. The van der Waals surface area contributed by atoms with Crippen molar-refractivity contribution in [2.24, 2.45) is 5.92 Å². The summed E-state index contributed by atoms with van der Waals surface area (Å²) < 4.78 is 6.03. The predicted molar refractivity (Wildman–Crippen MR) is 122 cm³/mol. The Hall–Kier alpha value is -2.82. The first-order valence-corrected chi connectivity index (χ1v) is 11.2. The predicted octanol–water partition coefficient (Wildman–Crippen LogP) is 5.81. The molecule has 0 saturated heterocycles. The maximum atomic E-state index is 11.0. The maximum Gasteiger partial charge on any atom is 0.130 e. The number of aliphatic hydroxyl groups excluding tert-OH is 1. The van der Waals surface area contributed by atoms with E-state index in [1.165, 1.54) is 5.56 Å². The lowest BCUT2D eigenvalue weighted by molar-refractivity contribution is 0.114. The quantitative estimate of drug-likeness (QED) is 0.448. The number of para-hydroxylation sites is 1. The third-order valence-electron chi connectivity index (χ3n) is 5.58. The Morgan fingerprint density at radius 2 is 1.77 bits per heavy atom. The van der Waals surface area contributed by atoms with Gasteiger partial charge >= 0.3 is 0 Å². The average molecular weight is 414 g/mol. The molecule has 0 bridgehead atoms. The topological polar surface area (TPSA) is 42.4 Å². The fraction of sp³-hybridized carbons (Fsp3) is 0.192. The molecule has 2 atom stereocenters. The molecule has 30 heavy (non-hydrogen) atoms. The van der Waals surface area contributed by atoms with Gasteiger partial charge in [0.2, 0.25) is 0 Å². The summed E-state index contributed by atoms with van der Waals surface area (Å²) in [5.74, 6) is 1.88. The first-order chi connectivity index (χ1) is 14.8. The van der Waals surface area contributed by atoms with Crippen LogP contribution in [0.2, 0.25) is 0 Å². The monoisotopic (exact) mass is 413 g/mol. The van der Waals surface area contributed by atoms with E-state index in [4.69, 9.17) is 4.74 Å². The molecule has 0 spiro atoms. The highest BCUT2D eigenvalue weighted by molar-refractivity contribution is 7.99. The van der Waals surface area contributed by atoms with E-state index < -0.39 is 6.10 Å². The number of hydrogen-bond acceptors (Lipinski definition) is 4. The average Bonchev–Trinajstić information content (AvgIpc) is 2.80. The Morgan fingerprint density at radius 3 is 2.67 bits per heavy atom. The third kappa shape index (κ3) is 4.07. The van der Waals surface area contributed by atoms with E-state index in [-0.39, 0.29) is 5.92 Å². The maximum absolute atomic E-state index is 11.0. The Labute approximate surface area is 180 Å². The molecule has 150 valence electrons. The van der Waals surface area contributed by atoms with E-state index in [2.05, 4.69) is 47.4 Å². The molecular weight excluding hydrogens is 390 g/mol. The fourth-order valence-corrected chi connectivity index (χ4v) is 5.16. The van der Waals surface area contributed by atoms with Crippen molar-refractivity contribution in [1.82, 2.24) is 4.98 Å². The van der Waals surface area contributed by atoms with Crippen LogP contribution in [0.3, 0.4) is 0 Å². The van der Waals surface area contributed by atoms with Crippen molar-refractivity contribution in [2.75, 3.05) is 5.75 Å². The molecule has 0 aliphatic carbocycles. The van der Waals surface area contributed by atoms with Crippen LogP contribution in [0.15, 0.2) is 89.8 Å². The second kappa shape index (κ2) is 8.50. The summed E-state index contributed by atoms with van der Waals surface area (Å²) in [5.41, 5.74) is 4.10. The smallest absolute Gasteiger partial charge is 0.130 e. The Balaban J connectivity index is 1.30. The van der Waals surface area contributed by atoms with Crippen molar-refractivity contribution in [3.8, 4) is 5.75 Å². The van der Waals surface area contributed by atoms with Gasteiger partial charge in [0.15, 0.2) is 0 Å². The van der Waals surface area contributed by atoms with Crippen LogP contribution in [0.4, 0.5) is 0 Å². The third-order valence-corrected chi connectivity index (χ3v) is 6.86. The molecule has 1 aromatic heterocycles. The van der Waals surface area contributed by atoms with Crippen LogP contribution in [0.5, 0.6) is 5.75 Å². The van der Waals surface area contributed by atoms with E-state index in [9.17, 15) is 5.11 Å². The first-order valence-electron chi connectivity index (χ1n) is 10.2. The molecule has 1 aliphatic rings. The van der Waals surface area contributed by atoms with Crippen molar-refractivity contribution in [3.05, 3.63) is 102 Å². The van der Waals surface area contributed by atoms with Gasteiger partial charge < -0.3 is 9.84 Å². The van der Waals surface area contributed by atoms with E-state index in [1.54, 1.807) is 0 Å². The molecule has 0 saturated carbocycles. The highest BCUT2D eigenvalue weighted by atomic mass is 32.2. The zero-order valence-electron chi connectivity index (χ0n) is 16.6. The normalized spacial score (nSPS) is 18.2. The van der Waals surface area contributed by atoms with Gasteiger partial charge in [-0.3, -0.25) is 0 Å². The van der Waals surface area contributed by atoms with Crippen LogP contribution < -0.4 is 4.74 Å². The van der Waals surface area contributed by atoms with Gasteiger partial charge in [-0.2, -0.15) is 0 Å². The molecule has 3 nitrogen and oxygen atoms in total. The number of pyridine rings is 1. The SMILES string of the molecule is O[C@H]1c2cc(OCc3ccc4ccccc4n3)ccc2SC[C@@H]1Cc1ccccc1. The van der Waals surface area contributed by atoms with E-state index in [0.29, 0.717) is 6.61 Å². The van der Waals surface area contributed by atoms with Gasteiger partial charge in [-0.1, -0.05) is 54.6 Å². The lowest BCUT2D eigenvalue weighted by atomic mass is 9.90. The van der Waals surface area contributed by atoms with Crippen molar-refractivity contribution in [3.63, 3.8) is 0 Å². The number of aliphatic hydroxyl groups is 1. The number of fused-ring (bicyclic) bond motifs is 2. The van der Waals surface area contributed by atoms with Gasteiger partial charge in [0.1, 0.15) is 12.4 Å². The molecule has 1 N–H and O–H groups in total. The highest BCUT2D eigenvalue weighted by Gasteiger charge is 2.29. The lowest BCUT2D eigenvalue weighted by Gasteiger charge is -2.30. The van der Waals surface area contributed by atoms with Crippen LogP contribution in [0.25, 0.3) is 10.9 Å². The number of hydrogen-bond donors (Lipinski definition) is 1. The van der Waals surface area contributed by atoms with Crippen LogP contribution in [-0.2, 0) is 13.0 Å².